The molecule has 7 heteroatoms. The molecule has 5 aromatic rings. The van der Waals surface area contributed by atoms with Crippen LogP contribution in [0.4, 0.5) is 4.39 Å². The molecule has 0 saturated heterocycles. The number of rotatable bonds is 4. The van der Waals surface area contributed by atoms with Crippen LogP contribution in [0.3, 0.4) is 0 Å². The highest BCUT2D eigenvalue weighted by Crippen LogP contribution is 2.32. The van der Waals surface area contributed by atoms with E-state index >= 15 is 0 Å². The van der Waals surface area contributed by atoms with Crippen molar-refractivity contribution in [2.45, 2.75) is 0 Å². The summed E-state index contributed by atoms with van der Waals surface area (Å²) in [5, 5.41) is 5.02. The number of halogens is 2. The lowest BCUT2D eigenvalue weighted by atomic mass is 10.2. The number of ether oxygens (including phenoxy) is 1. The average molecular weight is 419 g/mol. The van der Waals surface area contributed by atoms with Crippen molar-refractivity contribution in [3.8, 4) is 28.7 Å². The van der Waals surface area contributed by atoms with Gasteiger partial charge in [0.15, 0.2) is 5.82 Å². The summed E-state index contributed by atoms with van der Waals surface area (Å²) < 4.78 is 22.6. The summed E-state index contributed by atoms with van der Waals surface area (Å²) in [5.41, 5.74) is 3.30. The van der Waals surface area contributed by atoms with Gasteiger partial charge in [-0.25, -0.2) is 9.37 Å². The zero-order valence-electron chi connectivity index (χ0n) is 16.0. The molecule has 0 N–H and O–H groups in total. The van der Waals surface area contributed by atoms with Gasteiger partial charge in [0.25, 0.3) is 0 Å². The summed E-state index contributed by atoms with van der Waals surface area (Å²) in [6.07, 6.45) is 1.75. The predicted molar refractivity (Wildman–Crippen MR) is 115 cm³/mol. The lowest BCUT2D eigenvalue weighted by Crippen LogP contribution is -1.99. The molecule has 0 saturated carbocycles. The normalized spacial score (nSPS) is 11.2. The third-order valence-corrected chi connectivity index (χ3v) is 4.98. The number of imidazole rings is 1. The minimum atomic E-state index is -0.301. The van der Waals surface area contributed by atoms with Gasteiger partial charge in [0.05, 0.1) is 16.1 Å². The van der Waals surface area contributed by atoms with Crippen molar-refractivity contribution >= 4 is 22.6 Å². The zero-order valence-corrected chi connectivity index (χ0v) is 16.7. The molecule has 30 heavy (non-hydrogen) atoms. The Morgan fingerprint density at radius 2 is 1.57 bits per heavy atom. The first-order valence-corrected chi connectivity index (χ1v) is 9.67. The largest absolute Gasteiger partial charge is 0.457 e. The van der Waals surface area contributed by atoms with E-state index in [1.165, 1.54) is 12.1 Å². The monoisotopic (exact) mass is 418 g/mol. The lowest BCUT2D eigenvalue weighted by Gasteiger charge is -2.10. The molecule has 0 fully saturated rings. The summed E-state index contributed by atoms with van der Waals surface area (Å²) in [5.74, 6) is 1.57. The molecule has 0 atom stereocenters. The smallest absolute Gasteiger partial charge is 0.167 e. The van der Waals surface area contributed by atoms with Crippen molar-refractivity contribution in [3.63, 3.8) is 0 Å². The molecule has 0 aliphatic rings. The van der Waals surface area contributed by atoms with E-state index < -0.39 is 0 Å². The summed E-state index contributed by atoms with van der Waals surface area (Å²) in [6, 6.07) is 21.4. The van der Waals surface area contributed by atoms with Gasteiger partial charge in [0.1, 0.15) is 23.0 Å². The van der Waals surface area contributed by atoms with E-state index in [4.69, 9.17) is 21.3 Å². The predicted octanol–water partition coefficient (Wildman–Crippen LogP) is 6.01. The van der Waals surface area contributed by atoms with Crippen LogP contribution in [0.5, 0.6) is 11.5 Å². The van der Waals surface area contributed by atoms with Crippen molar-refractivity contribution in [1.29, 1.82) is 0 Å². The molecule has 0 aliphatic heterocycles. The third kappa shape index (κ3) is 3.31. The van der Waals surface area contributed by atoms with Crippen LogP contribution in [0.2, 0.25) is 5.02 Å². The maximum atomic E-state index is 13.1. The van der Waals surface area contributed by atoms with E-state index in [1.807, 2.05) is 60.1 Å². The topological polar surface area (TPSA) is 44.9 Å². The van der Waals surface area contributed by atoms with E-state index in [-0.39, 0.29) is 5.82 Å². The van der Waals surface area contributed by atoms with Gasteiger partial charge in [0, 0.05) is 18.9 Å². The maximum Gasteiger partial charge on any atom is 0.167 e. The summed E-state index contributed by atoms with van der Waals surface area (Å²) in [4.78, 5) is 4.77. The number of hydrogen-bond acceptors (Lipinski definition) is 3. The van der Waals surface area contributed by atoms with E-state index in [0.717, 1.165) is 16.7 Å². The first-order chi connectivity index (χ1) is 14.6. The molecule has 5 rings (SSSR count). The molecule has 0 aliphatic carbocycles. The molecule has 2 aromatic heterocycles. The second-order valence-electron chi connectivity index (χ2n) is 6.81. The van der Waals surface area contributed by atoms with Crippen molar-refractivity contribution < 1.29 is 9.13 Å². The Kier molecular flexibility index (Phi) is 4.48. The number of hydrogen-bond donors (Lipinski definition) is 0. The highest BCUT2D eigenvalue weighted by Gasteiger charge is 2.19. The Hall–Kier alpha value is -3.64. The van der Waals surface area contributed by atoms with Crippen LogP contribution in [0, 0.1) is 5.82 Å². The Balaban J connectivity index is 1.58. The first kappa shape index (κ1) is 18.4. The summed E-state index contributed by atoms with van der Waals surface area (Å²) >= 11 is 6.41. The number of para-hydroxylation sites is 2. The van der Waals surface area contributed by atoms with Crippen LogP contribution in [-0.4, -0.2) is 19.3 Å². The zero-order chi connectivity index (χ0) is 20.7. The molecule has 148 valence electrons. The SMILES string of the molecule is Cn1cc(Cl)c(-c2nc3ccccc3n2-c2ccc(Oc3ccc(F)cc3)cc2)n1. The second-order valence-corrected chi connectivity index (χ2v) is 7.22. The van der Waals surface area contributed by atoms with Gasteiger partial charge in [-0.2, -0.15) is 5.10 Å². The molecule has 0 unspecified atom stereocenters. The third-order valence-electron chi connectivity index (χ3n) is 4.70. The molecule has 0 amide bonds. The fraction of sp³-hybridized carbons (Fsp3) is 0.0435. The van der Waals surface area contributed by atoms with Gasteiger partial charge in [-0.05, 0) is 60.7 Å². The van der Waals surface area contributed by atoms with Crippen LogP contribution in [0.15, 0.2) is 79.0 Å². The summed E-state index contributed by atoms with van der Waals surface area (Å²) in [6.45, 7) is 0. The quantitative estimate of drug-likeness (QED) is 0.359. The highest BCUT2D eigenvalue weighted by molar-refractivity contribution is 6.32. The molecule has 0 radical (unpaired) electrons. The highest BCUT2D eigenvalue weighted by atomic mass is 35.5. The van der Waals surface area contributed by atoms with Crippen LogP contribution in [-0.2, 0) is 7.05 Å². The second kappa shape index (κ2) is 7.31. The molecular weight excluding hydrogens is 403 g/mol. The van der Waals surface area contributed by atoms with E-state index in [2.05, 4.69) is 5.10 Å². The average Bonchev–Trinajstić information content (AvgIpc) is 3.29. The Morgan fingerprint density at radius 3 is 2.23 bits per heavy atom. The van der Waals surface area contributed by atoms with Gasteiger partial charge in [0.2, 0.25) is 0 Å². The molecule has 3 aromatic carbocycles. The molecule has 0 spiro atoms. The Morgan fingerprint density at radius 1 is 0.900 bits per heavy atom. The standard InChI is InChI=1S/C23H16ClFN4O/c1-28-14-19(24)22(27-28)23-26-20-4-2-3-5-21(20)29(23)16-8-12-18(13-9-16)30-17-10-6-15(25)7-11-17/h2-14H,1H3. The number of benzene rings is 3. The van der Waals surface area contributed by atoms with Gasteiger partial charge in [-0.3, -0.25) is 9.25 Å². The van der Waals surface area contributed by atoms with E-state index in [1.54, 1.807) is 23.0 Å². The molecule has 5 nitrogen and oxygen atoms in total. The fourth-order valence-electron chi connectivity index (χ4n) is 3.36. The molecular formula is C23H16ClFN4O. The van der Waals surface area contributed by atoms with Crippen LogP contribution in [0.25, 0.3) is 28.2 Å². The minimum absolute atomic E-state index is 0.301. The Labute approximate surface area is 176 Å². The van der Waals surface area contributed by atoms with Crippen molar-refractivity contribution in [3.05, 3.63) is 89.8 Å². The van der Waals surface area contributed by atoms with Crippen molar-refractivity contribution in [2.24, 2.45) is 7.05 Å². The first-order valence-electron chi connectivity index (χ1n) is 9.29. The van der Waals surface area contributed by atoms with E-state index in [9.17, 15) is 4.39 Å². The van der Waals surface area contributed by atoms with Gasteiger partial charge < -0.3 is 4.74 Å². The van der Waals surface area contributed by atoms with E-state index in [0.29, 0.717) is 28.0 Å². The maximum absolute atomic E-state index is 13.1. The molecule has 2 heterocycles. The minimum Gasteiger partial charge on any atom is -0.457 e. The van der Waals surface area contributed by atoms with Gasteiger partial charge in [-0.15, -0.1) is 0 Å². The number of aryl methyl sites for hydroxylation is 1. The number of fused-ring (bicyclic) bond motifs is 1. The van der Waals surface area contributed by atoms with Gasteiger partial charge in [-0.1, -0.05) is 23.7 Å². The number of aromatic nitrogens is 4. The molecule has 0 bridgehead atoms. The van der Waals surface area contributed by atoms with Crippen molar-refractivity contribution in [1.82, 2.24) is 19.3 Å². The number of nitrogens with zero attached hydrogens (tertiary/aromatic N) is 4. The summed E-state index contributed by atoms with van der Waals surface area (Å²) in [7, 11) is 1.82. The van der Waals surface area contributed by atoms with Crippen LogP contribution < -0.4 is 4.74 Å². The van der Waals surface area contributed by atoms with Gasteiger partial charge >= 0.3 is 0 Å². The Bertz CT molecular complexity index is 1340. The van der Waals surface area contributed by atoms with Crippen molar-refractivity contribution in [2.75, 3.05) is 0 Å². The van der Waals surface area contributed by atoms with Crippen LogP contribution in [0.1, 0.15) is 0 Å². The fourth-order valence-corrected chi connectivity index (χ4v) is 3.62. The lowest BCUT2D eigenvalue weighted by molar-refractivity contribution is 0.480. The van der Waals surface area contributed by atoms with Crippen LogP contribution >= 0.6 is 11.6 Å².